The average molecular weight is 789 g/mol. The number of benzene rings is 10. The summed E-state index contributed by atoms with van der Waals surface area (Å²) in [6.07, 6.45) is 0. The zero-order valence-corrected chi connectivity index (χ0v) is 34.0. The van der Waals surface area contributed by atoms with Gasteiger partial charge in [-0.25, -0.2) is 0 Å². The van der Waals surface area contributed by atoms with Crippen molar-refractivity contribution in [2.75, 3.05) is 0 Å². The van der Waals surface area contributed by atoms with E-state index in [1.54, 1.807) is 0 Å². The van der Waals surface area contributed by atoms with Gasteiger partial charge in [0.2, 0.25) is 0 Å². The highest BCUT2D eigenvalue weighted by Crippen LogP contribution is 2.39. The van der Waals surface area contributed by atoms with Gasteiger partial charge in [-0.1, -0.05) is 158 Å². The van der Waals surface area contributed by atoms with Crippen LogP contribution in [-0.4, -0.2) is 9.13 Å². The third kappa shape index (κ3) is 6.12. The minimum absolute atomic E-state index is 1.14. The van der Waals surface area contributed by atoms with Gasteiger partial charge in [0.25, 0.3) is 0 Å². The Hall–Kier alpha value is -8.20. The molecule has 0 amide bonds. The van der Waals surface area contributed by atoms with Crippen LogP contribution in [-0.2, 0) is 0 Å². The second-order valence-electron chi connectivity index (χ2n) is 16.2. The summed E-state index contributed by atoms with van der Waals surface area (Å²) in [4.78, 5) is 0. The molecule has 0 saturated carbocycles. The molecule has 290 valence electrons. The molecule has 0 aliphatic rings. The third-order valence-electron chi connectivity index (χ3n) is 12.5. The van der Waals surface area contributed by atoms with Crippen molar-refractivity contribution < 1.29 is 0 Å². The molecule has 0 spiro atoms. The van der Waals surface area contributed by atoms with Crippen LogP contribution in [0, 0.1) is 0 Å². The number of fused-ring (bicyclic) bond motifs is 6. The van der Waals surface area contributed by atoms with Crippen LogP contribution in [0.2, 0.25) is 0 Å². The summed E-state index contributed by atoms with van der Waals surface area (Å²) >= 11 is 0. The predicted molar refractivity (Wildman–Crippen MR) is 262 cm³/mol. The standard InChI is InChI=1S/C60H40N2/c1-3-15-41(16-4-1)45-35-46(42-17-5-2-6-18-42)38-49(37-45)50-39-47(43-27-31-51(32-28-43)61-57-23-11-7-19-53(57)54-20-8-12-24-58(54)61)36-48(40-50)44-29-33-52(34-30-44)62-59-25-13-9-21-55(59)56-22-10-14-26-60(56)62/h1-40H. The Balaban J connectivity index is 1.02. The molecule has 0 bridgehead atoms. The molecular formula is C60H40N2. The maximum atomic E-state index is 2.38. The molecule has 0 saturated heterocycles. The molecule has 0 aliphatic carbocycles. The van der Waals surface area contributed by atoms with Gasteiger partial charge in [0.15, 0.2) is 0 Å². The van der Waals surface area contributed by atoms with Gasteiger partial charge in [0.05, 0.1) is 22.1 Å². The van der Waals surface area contributed by atoms with Gasteiger partial charge in [0, 0.05) is 32.9 Å². The zero-order chi connectivity index (χ0) is 41.0. The minimum atomic E-state index is 1.14. The first-order valence-corrected chi connectivity index (χ1v) is 21.3. The molecule has 0 unspecified atom stereocenters. The van der Waals surface area contributed by atoms with E-state index in [9.17, 15) is 0 Å². The lowest BCUT2D eigenvalue weighted by molar-refractivity contribution is 1.18. The van der Waals surface area contributed by atoms with Crippen LogP contribution in [0.15, 0.2) is 243 Å². The molecule has 2 heterocycles. The summed E-state index contributed by atoms with van der Waals surface area (Å²) in [5.74, 6) is 0. The molecule has 12 rings (SSSR count). The molecule has 0 N–H and O–H groups in total. The Morgan fingerprint density at radius 3 is 0.694 bits per heavy atom. The number of para-hydroxylation sites is 4. The van der Waals surface area contributed by atoms with E-state index in [1.807, 2.05) is 0 Å². The summed E-state index contributed by atoms with van der Waals surface area (Å²) in [6, 6.07) is 88.6. The molecule has 2 nitrogen and oxygen atoms in total. The molecule has 12 aromatic rings. The van der Waals surface area contributed by atoms with Crippen LogP contribution in [0.25, 0.3) is 111 Å². The Bertz CT molecular complexity index is 3250. The zero-order valence-electron chi connectivity index (χ0n) is 34.0. The molecule has 10 aromatic carbocycles. The highest BCUT2D eigenvalue weighted by Gasteiger charge is 2.16. The molecule has 0 atom stereocenters. The van der Waals surface area contributed by atoms with Gasteiger partial charge in [-0.15, -0.1) is 0 Å². The second kappa shape index (κ2) is 14.8. The number of rotatable bonds is 7. The van der Waals surface area contributed by atoms with E-state index in [0.29, 0.717) is 0 Å². The fourth-order valence-electron chi connectivity index (χ4n) is 9.52. The summed E-state index contributed by atoms with van der Waals surface area (Å²) in [5.41, 5.74) is 18.9. The van der Waals surface area contributed by atoms with Crippen molar-refractivity contribution in [1.82, 2.24) is 9.13 Å². The van der Waals surface area contributed by atoms with E-state index < -0.39 is 0 Å². The predicted octanol–water partition coefficient (Wildman–Crippen LogP) is 16.2. The Morgan fingerprint density at radius 2 is 0.403 bits per heavy atom. The van der Waals surface area contributed by atoms with Crippen molar-refractivity contribution >= 4 is 43.6 Å². The third-order valence-corrected chi connectivity index (χ3v) is 12.5. The van der Waals surface area contributed by atoms with Crippen molar-refractivity contribution in [3.8, 4) is 67.0 Å². The first-order valence-electron chi connectivity index (χ1n) is 21.3. The largest absolute Gasteiger partial charge is 0.309 e. The van der Waals surface area contributed by atoms with Crippen molar-refractivity contribution in [2.24, 2.45) is 0 Å². The smallest absolute Gasteiger partial charge is 0.0541 e. The highest BCUT2D eigenvalue weighted by molar-refractivity contribution is 6.10. The van der Waals surface area contributed by atoms with Gasteiger partial charge in [0.1, 0.15) is 0 Å². The first-order chi connectivity index (χ1) is 30.7. The van der Waals surface area contributed by atoms with E-state index in [1.165, 1.54) is 99.2 Å². The number of hydrogen-bond donors (Lipinski definition) is 0. The van der Waals surface area contributed by atoms with Crippen LogP contribution >= 0.6 is 0 Å². The lowest BCUT2D eigenvalue weighted by Gasteiger charge is -2.15. The topological polar surface area (TPSA) is 9.86 Å². The molecule has 0 fully saturated rings. The summed E-state index contributed by atoms with van der Waals surface area (Å²) in [5, 5.41) is 5.06. The number of hydrogen-bond acceptors (Lipinski definition) is 0. The molecule has 2 aromatic heterocycles. The van der Waals surface area contributed by atoms with Gasteiger partial charge in [-0.3, -0.25) is 0 Å². The lowest BCUT2D eigenvalue weighted by Crippen LogP contribution is -1.94. The maximum Gasteiger partial charge on any atom is 0.0541 e. The van der Waals surface area contributed by atoms with Crippen LogP contribution in [0.3, 0.4) is 0 Å². The Labute approximate surface area is 360 Å². The molecule has 2 heteroatoms. The van der Waals surface area contributed by atoms with Crippen LogP contribution in [0.5, 0.6) is 0 Å². The number of aromatic nitrogens is 2. The molecule has 0 aliphatic heterocycles. The van der Waals surface area contributed by atoms with Crippen LogP contribution < -0.4 is 0 Å². The van der Waals surface area contributed by atoms with E-state index in [0.717, 1.165) is 11.4 Å². The SMILES string of the molecule is c1ccc(-c2cc(-c3ccccc3)cc(-c3cc(-c4ccc(-n5c6ccccc6c6ccccc65)cc4)cc(-c4ccc(-n5c6ccccc6c6ccccc65)cc4)c3)c2)cc1. The maximum absolute atomic E-state index is 2.38. The van der Waals surface area contributed by atoms with Crippen molar-refractivity contribution in [3.63, 3.8) is 0 Å². The fourth-order valence-corrected chi connectivity index (χ4v) is 9.52. The Kier molecular flexibility index (Phi) is 8.53. The van der Waals surface area contributed by atoms with Crippen molar-refractivity contribution in [3.05, 3.63) is 243 Å². The van der Waals surface area contributed by atoms with E-state index in [2.05, 4.69) is 252 Å². The molecule has 62 heavy (non-hydrogen) atoms. The second-order valence-corrected chi connectivity index (χ2v) is 16.2. The van der Waals surface area contributed by atoms with Crippen LogP contribution in [0.1, 0.15) is 0 Å². The normalized spacial score (nSPS) is 11.5. The van der Waals surface area contributed by atoms with Gasteiger partial charge in [-0.2, -0.15) is 0 Å². The summed E-state index contributed by atoms with van der Waals surface area (Å²) < 4.78 is 4.77. The van der Waals surface area contributed by atoms with Crippen molar-refractivity contribution in [1.29, 1.82) is 0 Å². The first kappa shape index (κ1) is 35.7. The number of nitrogens with zero attached hydrogens (tertiary/aromatic N) is 2. The quantitative estimate of drug-likeness (QED) is 0.152. The lowest BCUT2D eigenvalue weighted by atomic mass is 9.90. The van der Waals surface area contributed by atoms with Crippen LogP contribution in [0.4, 0.5) is 0 Å². The average Bonchev–Trinajstić information content (AvgIpc) is 3.87. The summed E-state index contributed by atoms with van der Waals surface area (Å²) in [6.45, 7) is 0. The highest BCUT2D eigenvalue weighted by atomic mass is 15.0. The van der Waals surface area contributed by atoms with E-state index in [4.69, 9.17) is 0 Å². The molecule has 0 radical (unpaired) electrons. The van der Waals surface area contributed by atoms with Gasteiger partial charge in [-0.05, 0) is 141 Å². The Morgan fingerprint density at radius 1 is 0.177 bits per heavy atom. The van der Waals surface area contributed by atoms with Crippen molar-refractivity contribution in [2.45, 2.75) is 0 Å². The van der Waals surface area contributed by atoms with E-state index >= 15 is 0 Å². The van der Waals surface area contributed by atoms with E-state index in [-0.39, 0.29) is 0 Å². The molecular weight excluding hydrogens is 749 g/mol. The monoisotopic (exact) mass is 788 g/mol. The summed E-state index contributed by atoms with van der Waals surface area (Å²) in [7, 11) is 0. The minimum Gasteiger partial charge on any atom is -0.309 e. The van der Waals surface area contributed by atoms with Gasteiger partial charge < -0.3 is 9.13 Å². The fraction of sp³-hybridized carbons (Fsp3) is 0. The van der Waals surface area contributed by atoms with Gasteiger partial charge >= 0.3 is 0 Å².